The van der Waals surface area contributed by atoms with E-state index in [4.69, 9.17) is 0 Å². The molecule has 0 spiro atoms. The van der Waals surface area contributed by atoms with E-state index in [1.807, 2.05) is 0 Å². The van der Waals surface area contributed by atoms with Gasteiger partial charge in [0.05, 0.1) is 0 Å². The minimum atomic E-state index is 0.359. The van der Waals surface area contributed by atoms with Crippen molar-refractivity contribution in [3.63, 3.8) is 0 Å². The van der Waals surface area contributed by atoms with E-state index < -0.39 is 0 Å². The lowest BCUT2D eigenvalue weighted by Gasteiger charge is -2.46. The predicted molar refractivity (Wildman–Crippen MR) is 74.3 cm³/mol. The lowest BCUT2D eigenvalue weighted by atomic mass is 9.95. The Balaban J connectivity index is 1.78. The monoisotopic (exact) mass is 238 g/mol. The summed E-state index contributed by atoms with van der Waals surface area (Å²) in [5, 5.41) is 3.76. The SMILES string of the molecule is CCCCCCN1CC(C2CC2)NCC1(C)C. The summed E-state index contributed by atoms with van der Waals surface area (Å²) in [6, 6.07) is 0.786. The maximum absolute atomic E-state index is 3.76. The van der Waals surface area contributed by atoms with Gasteiger partial charge < -0.3 is 5.32 Å². The van der Waals surface area contributed by atoms with Gasteiger partial charge in [-0.15, -0.1) is 0 Å². The van der Waals surface area contributed by atoms with Crippen molar-refractivity contribution in [2.75, 3.05) is 19.6 Å². The lowest BCUT2D eigenvalue weighted by Crippen LogP contribution is -2.62. The van der Waals surface area contributed by atoms with Crippen LogP contribution >= 0.6 is 0 Å². The fourth-order valence-electron chi connectivity index (χ4n) is 2.98. The van der Waals surface area contributed by atoms with E-state index >= 15 is 0 Å². The van der Waals surface area contributed by atoms with Crippen LogP contribution < -0.4 is 5.32 Å². The second-order valence-electron chi connectivity index (χ2n) is 6.64. The van der Waals surface area contributed by atoms with Gasteiger partial charge in [-0.25, -0.2) is 0 Å². The number of hydrogen-bond acceptors (Lipinski definition) is 2. The van der Waals surface area contributed by atoms with Gasteiger partial charge >= 0.3 is 0 Å². The van der Waals surface area contributed by atoms with Crippen molar-refractivity contribution in [1.82, 2.24) is 10.2 Å². The Kier molecular flexibility index (Phi) is 4.48. The van der Waals surface area contributed by atoms with E-state index in [0.717, 1.165) is 12.0 Å². The molecule has 100 valence electrons. The first-order valence-corrected chi connectivity index (χ1v) is 7.62. The molecule has 1 aliphatic carbocycles. The van der Waals surface area contributed by atoms with E-state index in [1.165, 1.54) is 58.2 Å². The van der Waals surface area contributed by atoms with Crippen LogP contribution in [0.15, 0.2) is 0 Å². The summed E-state index contributed by atoms with van der Waals surface area (Å²) in [5.41, 5.74) is 0.359. The van der Waals surface area contributed by atoms with Gasteiger partial charge in [0, 0.05) is 24.7 Å². The van der Waals surface area contributed by atoms with Crippen molar-refractivity contribution in [2.24, 2.45) is 5.92 Å². The van der Waals surface area contributed by atoms with Crippen molar-refractivity contribution < 1.29 is 0 Å². The number of rotatable bonds is 6. The van der Waals surface area contributed by atoms with E-state index in [-0.39, 0.29) is 0 Å². The molecule has 0 radical (unpaired) electrons. The fourth-order valence-corrected chi connectivity index (χ4v) is 2.98. The molecule has 1 saturated carbocycles. The van der Waals surface area contributed by atoms with Crippen molar-refractivity contribution in [3.8, 4) is 0 Å². The van der Waals surface area contributed by atoms with Gasteiger partial charge in [-0.1, -0.05) is 26.2 Å². The molecule has 0 aromatic rings. The van der Waals surface area contributed by atoms with Gasteiger partial charge in [-0.3, -0.25) is 4.90 Å². The van der Waals surface area contributed by atoms with Crippen LogP contribution in [0.4, 0.5) is 0 Å². The standard InChI is InChI=1S/C15H30N2/c1-4-5-6-7-10-17-11-14(13-8-9-13)16-12-15(17,2)3/h13-14,16H,4-12H2,1-3H3. The third-order valence-corrected chi connectivity index (χ3v) is 4.54. The first-order chi connectivity index (χ1) is 8.13. The van der Waals surface area contributed by atoms with Crippen LogP contribution in [0.3, 0.4) is 0 Å². The first kappa shape index (κ1) is 13.4. The molecule has 2 heteroatoms. The predicted octanol–water partition coefficient (Wildman–Crippen LogP) is 3.03. The van der Waals surface area contributed by atoms with Gasteiger partial charge in [0.25, 0.3) is 0 Å². The van der Waals surface area contributed by atoms with Crippen LogP contribution in [0.1, 0.15) is 59.3 Å². The summed E-state index contributed by atoms with van der Waals surface area (Å²) < 4.78 is 0. The highest BCUT2D eigenvalue weighted by Gasteiger charge is 2.39. The molecule has 2 fully saturated rings. The fraction of sp³-hybridized carbons (Fsp3) is 1.00. The van der Waals surface area contributed by atoms with Crippen LogP contribution in [0.25, 0.3) is 0 Å². The second-order valence-corrected chi connectivity index (χ2v) is 6.64. The molecule has 0 aromatic carbocycles. The Morgan fingerprint density at radius 2 is 1.94 bits per heavy atom. The zero-order valence-corrected chi connectivity index (χ0v) is 12.0. The Morgan fingerprint density at radius 3 is 2.59 bits per heavy atom. The van der Waals surface area contributed by atoms with Gasteiger partial charge in [0.2, 0.25) is 0 Å². The highest BCUT2D eigenvalue weighted by atomic mass is 15.3. The maximum atomic E-state index is 3.76. The van der Waals surface area contributed by atoms with Crippen LogP contribution in [0.5, 0.6) is 0 Å². The average Bonchev–Trinajstić information content (AvgIpc) is 3.10. The zero-order valence-electron chi connectivity index (χ0n) is 12.0. The van der Waals surface area contributed by atoms with Gasteiger partial charge in [0.1, 0.15) is 0 Å². The van der Waals surface area contributed by atoms with Crippen LogP contribution in [-0.2, 0) is 0 Å². The van der Waals surface area contributed by atoms with E-state index in [1.54, 1.807) is 0 Å². The van der Waals surface area contributed by atoms with Crippen LogP contribution in [0.2, 0.25) is 0 Å². The molecular formula is C15H30N2. The third kappa shape index (κ3) is 3.69. The Hall–Kier alpha value is -0.0800. The molecule has 1 unspecified atom stereocenters. The second kappa shape index (κ2) is 5.71. The van der Waals surface area contributed by atoms with E-state index in [0.29, 0.717) is 5.54 Å². The third-order valence-electron chi connectivity index (χ3n) is 4.54. The minimum Gasteiger partial charge on any atom is -0.311 e. The number of unbranched alkanes of at least 4 members (excludes halogenated alkanes) is 3. The summed E-state index contributed by atoms with van der Waals surface area (Å²) in [6.07, 6.45) is 8.46. The molecule has 0 amide bonds. The number of piperazine rings is 1. The van der Waals surface area contributed by atoms with Crippen molar-refractivity contribution in [3.05, 3.63) is 0 Å². The zero-order chi connectivity index (χ0) is 12.3. The lowest BCUT2D eigenvalue weighted by molar-refractivity contribution is 0.0591. The summed E-state index contributed by atoms with van der Waals surface area (Å²) >= 11 is 0. The summed E-state index contributed by atoms with van der Waals surface area (Å²) in [4.78, 5) is 2.74. The molecule has 0 aromatic heterocycles. The molecule has 2 nitrogen and oxygen atoms in total. The highest BCUT2D eigenvalue weighted by Crippen LogP contribution is 2.35. The maximum Gasteiger partial charge on any atom is 0.0278 e. The normalized spacial score (nSPS) is 29.5. The molecule has 0 bridgehead atoms. The number of nitrogens with one attached hydrogen (secondary N) is 1. The molecule has 1 N–H and O–H groups in total. The molecule has 2 aliphatic rings. The highest BCUT2D eigenvalue weighted by molar-refractivity contribution is 4.98. The molecule has 1 heterocycles. The number of nitrogens with zero attached hydrogens (tertiary/aromatic N) is 1. The van der Waals surface area contributed by atoms with Crippen molar-refractivity contribution in [2.45, 2.75) is 70.9 Å². The summed E-state index contributed by atoms with van der Waals surface area (Å²) in [5.74, 6) is 0.990. The summed E-state index contributed by atoms with van der Waals surface area (Å²) in [6.45, 7) is 10.8. The Morgan fingerprint density at radius 1 is 1.18 bits per heavy atom. The minimum absolute atomic E-state index is 0.359. The summed E-state index contributed by atoms with van der Waals surface area (Å²) in [7, 11) is 0. The molecule has 1 atom stereocenters. The average molecular weight is 238 g/mol. The Bertz CT molecular complexity index is 233. The van der Waals surface area contributed by atoms with E-state index in [9.17, 15) is 0 Å². The molecule has 2 rings (SSSR count). The largest absolute Gasteiger partial charge is 0.311 e. The van der Waals surface area contributed by atoms with Crippen molar-refractivity contribution >= 4 is 0 Å². The van der Waals surface area contributed by atoms with E-state index in [2.05, 4.69) is 31.0 Å². The van der Waals surface area contributed by atoms with Gasteiger partial charge in [-0.2, -0.15) is 0 Å². The quantitative estimate of drug-likeness (QED) is 0.716. The van der Waals surface area contributed by atoms with Gasteiger partial charge in [0.15, 0.2) is 0 Å². The van der Waals surface area contributed by atoms with Crippen molar-refractivity contribution in [1.29, 1.82) is 0 Å². The number of hydrogen-bond donors (Lipinski definition) is 1. The smallest absolute Gasteiger partial charge is 0.0278 e. The van der Waals surface area contributed by atoms with Crippen LogP contribution in [0, 0.1) is 5.92 Å². The first-order valence-electron chi connectivity index (χ1n) is 7.62. The molecule has 17 heavy (non-hydrogen) atoms. The Labute approximate surface area is 107 Å². The topological polar surface area (TPSA) is 15.3 Å². The van der Waals surface area contributed by atoms with Gasteiger partial charge in [-0.05, 0) is 45.6 Å². The molecule has 1 saturated heterocycles. The van der Waals surface area contributed by atoms with Crippen LogP contribution in [-0.4, -0.2) is 36.1 Å². The molecule has 1 aliphatic heterocycles. The molecular weight excluding hydrogens is 208 g/mol.